The zero-order valence-electron chi connectivity index (χ0n) is 7.87. The van der Waals surface area contributed by atoms with Crippen molar-refractivity contribution in [1.29, 1.82) is 0 Å². The molecular formula is C9H13NO3. The van der Waals surface area contributed by atoms with Crippen molar-refractivity contribution in [3.63, 3.8) is 0 Å². The van der Waals surface area contributed by atoms with Crippen molar-refractivity contribution in [3.05, 3.63) is 11.8 Å². The fraction of sp³-hybridized carbons (Fsp3) is 0.556. The summed E-state index contributed by atoms with van der Waals surface area (Å²) >= 11 is 0. The zero-order chi connectivity index (χ0) is 10.1. The summed E-state index contributed by atoms with van der Waals surface area (Å²) in [6, 6.07) is 0. The van der Waals surface area contributed by atoms with Crippen LogP contribution in [0.25, 0.3) is 0 Å². The van der Waals surface area contributed by atoms with Crippen LogP contribution >= 0.6 is 0 Å². The van der Waals surface area contributed by atoms with E-state index >= 15 is 0 Å². The molecule has 0 atom stereocenters. The average Bonchev–Trinajstić information content (AvgIpc) is 2.14. The Morgan fingerprint density at radius 3 is 2.77 bits per heavy atom. The fourth-order valence-electron chi connectivity index (χ4n) is 0.660. The molecule has 0 aliphatic carbocycles. The van der Waals surface area contributed by atoms with Crippen molar-refractivity contribution >= 4 is 12.0 Å². The summed E-state index contributed by atoms with van der Waals surface area (Å²) in [6.45, 7) is 3.96. The van der Waals surface area contributed by atoms with E-state index in [1.54, 1.807) is 6.92 Å². The van der Waals surface area contributed by atoms with Crippen molar-refractivity contribution in [1.82, 2.24) is 0 Å². The lowest BCUT2D eigenvalue weighted by Gasteiger charge is -2.01. The topological polar surface area (TPSA) is 55.7 Å². The van der Waals surface area contributed by atoms with E-state index < -0.39 is 5.97 Å². The molecule has 0 radical (unpaired) electrons. The number of unbranched alkanes of at least 4 members (excludes halogenated alkanes) is 1. The maximum atomic E-state index is 11.1. The molecule has 0 amide bonds. The normalized spacial score (nSPS) is 10.5. The van der Waals surface area contributed by atoms with Crippen LogP contribution in [-0.2, 0) is 14.3 Å². The Morgan fingerprint density at radius 1 is 1.62 bits per heavy atom. The van der Waals surface area contributed by atoms with Crippen LogP contribution in [0.4, 0.5) is 0 Å². The predicted octanol–water partition coefficient (Wildman–Crippen LogP) is 1.57. The Kier molecular flexibility index (Phi) is 6.46. The minimum Gasteiger partial charge on any atom is -0.461 e. The van der Waals surface area contributed by atoms with Crippen LogP contribution in [0.15, 0.2) is 16.8 Å². The number of esters is 1. The lowest BCUT2D eigenvalue weighted by Crippen LogP contribution is -2.07. The largest absolute Gasteiger partial charge is 0.461 e. The summed E-state index contributed by atoms with van der Waals surface area (Å²) in [4.78, 5) is 24.1. The second kappa shape index (κ2) is 7.25. The van der Waals surface area contributed by atoms with Crippen LogP contribution in [0.1, 0.15) is 26.7 Å². The number of allylic oxidation sites excluding steroid dienone is 1. The van der Waals surface area contributed by atoms with Gasteiger partial charge >= 0.3 is 5.97 Å². The summed E-state index contributed by atoms with van der Waals surface area (Å²) < 4.78 is 4.81. The van der Waals surface area contributed by atoms with Gasteiger partial charge in [-0.1, -0.05) is 19.4 Å². The lowest BCUT2D eigenvalue weighted by molar-refractivity contribution is -0.139. The number of ether oxygens (including phenoxy) is 1. The minimum atomic E-state index is -0.570. The summed E-state index contributed by atoms with van der Waals surface area (Å²) in [6.07, 6.45) is 4.48. The highest BCUT2D eigenvalue weighted by atomic mass is 16.5. The molecular weight excluding hydrogens is 170 g/mol. The van der Waals surface area contributed by atoms with Gasteiger partial charge in [0.05, 0.1) is 6.61 Å². The van der Waals surface area contributed by atoms with Gasteiger partial charge in [0.15, 0.2) is 5.70 Å². The first-order valence-corrected chi connectivity index (χ1v) is 4.17. The molecule has 13 heavy (non-hydrogen) atoms. The van der Waals surface area contributed by atoms with Gasteiger partial charge in [-0.05, 0) is 13.3 Å². The van der Waals surface area contributed by atoms with Crippen LogP contribution in [0, 0.1) is 0 Å². The van der Waals surface area contributed by atoms with Crippen molar-refractivity contribution in [3.8, 4) is 0 Å². The molecule has 0 aromatic rings. The van der Waals surface area contributed by atoms with Crippen molar-refractivity contribution in [2.45, 2.75) is 26.7 Å². The quantitative estimate of drug-likeness (QED) is 0.214. The van der Waals surface area contributed by atoms with E-state index in [0.717, 1.165) is 12.8 Å². The van der Waals surface area contributed by atoms with Gasteiger partial charge in [-0.3, -0.25) is 0 Å². The third-order valence-corrected chi connectivity index (χ3v) is 1.38. The van der Waals surface area contributed by atoms with E-state index in [0.29, 0.717) is 6.61 Å². The van der Waals surface area contributed by atoms with E-state index in [4.69, 9.17) is 4.74 Å². The SMILES string of the molecule is CC=C(N=C=O)C(=O)OCCCC. The van der Waals surface area contributed by atoms with Gasteiger partial charge < -0.3 is 4.74 Å². The van der Waals surface area contributed by atoms with Gasteiger partial charge in [-0.25, -0.2) is 9.59 Å². The van der Waals surface area contributed by atoms with Crippen LogP contribution in [0.2, 0.25) is 0 Å². The Bertz CT molecular complexity index is 239. The number of hydrogen-bond donors (Lipinski definition) is 0. The van der Waals surface area contributed by atoms with E-state index in [1.165, 1.54) is 12.2 Å². The van der Waals surface area contributed by atoms with Crippen LogP contribution in [-0.4, -0.2) is 18.7 Å². The number of carbonyl (C=O) groups excluding carboxylic acids is 2. The number of nitrogens with zero attached hydrogens (tertiary/aromatic N) is 1. The molecule has 0 bridgehead atoms. The summed E-state index contributed by atoms with van der Waals surface area (Å²) in [5.41, 5.74) is 0.00565. The highest BCUT2D eigenvalue weighted by Crippen LogP contribution is 2.00. The Balaban J connectivity index is 4.01. The van der Waals surface area contributed by atoms with Gasteiger partial charge in [-0.15, -0.1) is 0 Å². The van der Waals surface area contributed by atoms with Crippen LogP contribution < -0.4 is 0 Å². The molecule has 0 unspecified atom stereocenters. The first kappa shape index (κ1) is 11.6. The van der Waals surface area contributed by atoms with Gasteiger partial charge in [0, 0.05) is 0 Å². The van der Waals surface area contributed by atoms with Crippen molar-refractivity contribution in [2.24, 2.45) is 4.99 Å². The second-order valence-corrected chi connectivity index (χ2v) is 2.37. The van der Waals surface area contributed by atoms with Crippen molar-refractivity contribution < 1.29 is 14.3 Å². The molecule has 0 rings (SSSR count). The smallest absolute Gasteiger partial charge is 0.357 e. The first-order chi connectivity index (χ1) is 6.26. The molecule has 0 aromatic heterocycles. The fourth-order valence-corrected chi connectivity index (χ4v) is 0.660. The van der Waals surface area contributed by atoms with Gasteiger partial charge in [0.1, 0.15) is 0 Å². The first-order valence-electron chi connectivity index (χ1n) is 4.17. The molecule has 0 heterocycles. The Morgan fingerprint density at radius 2 is 2.31 bits per heavy atom. The number of isocyanates is 1. The monoisotopic (exact) mass is 183 g/mol. The molecule has 0 aliphatic heterocycles. The summed E-state index contributed by atoms with van der Waals surface area (Å²) in [5.74, 6) is -0.570. The van der Waals surface area contributed by atoms with E-state index in [9.17, 15) is 9.59 Å². The second-order valence-electron chi connectivity index (χ2n) is 2.37. The third-order valence-electron chi connectivity index (χ3n) is 1.38. The van der Waals surface area contributed by atoms with E-state index in [-0.39, 0.29) is 5.70 Å². The predicted molar refractivity (Wildman–Crippen MR) is 47.7 cm³/mol. The molecule has 4 nitrogen and oxygen atoms in total. The number of rotatable bonds is 5. The van der Waals surface area contributed by atoms with Gasteiger partial charge in [0.25, 0.3) is 0 Å². The van der Waals surface area contributed by atoms with Crippen molar-refractivity contribution in [2.75, 3.05) is 6.61 Å². The zero-order valence-corrected chi connectivity index (χ0v) is 7.87. The molecule has 0 saturated heterocycles. The molecule has 4 heteroatoms. The number of hydrogen-bond acceptors (Lipinski definition) is 4. The summed E-state index contributed by atoms with van der Waals surface area (Å²) in [7, 11) is 0. The highest BCUT2D eigenvalue weighted by molar-refractivity contribution is 5.88. The highest BCUT2D eigenvalue weighted by Gasteiger charge is 2.07. The van der Waals surface area contributed by atoms with Gasteiger partial charge in [-0.2, -0.15) is 4.99 Å². The molecule has 0 saturated carbocycles. The maximum absolute atomic E-state index is 11.1. The minimum absolute atomic E-state index is 0.00565. The number of aliphatic imine (C=N–C) groups is 1. The molecule has 0 aromatic carbocycles. The summed E-state index contributed by atoms with van der Waals surface area (Å²) in [5, 5.41) is 0. The van der Waals surface area contributed by atoms with Crippen LogP contribution in [0.3, 0.4) is 0 Å². The molecule has 72 valence electrons. The lowest BCUT2D eigenvalue weighted by atomic mass is 10.3. The van der Waals surface area contributed by atoms with Crippen LogP contribution in [0.5, 0.6) is 0 Å². The standard InChI is InChI=1S/C9H13NO3/c1-3-5-6-13-9(12)8(4-2)10-7-11/h4H,3,5-6H2,1-2H3. The molecule has 0 N–H and O–H groups in total. The third kappa shape index (κ3) is 4.93. The van der Waals surface area contributed by atoms with E-state index in [1.807, 2.05) is 6.92 Å². The molecule has 0 aliphatic rings. The van der Waals surface area contributed by atoms with Gasteiger partial charge in [0.2, 0.25) is 6.08 Å². The average molecular weight is 183 g/mol. The van der Waals surface area contributed by atoms with E-state index in [2.05, 4.69) is 4.99 Å². The number of carbonyl (C=O) groups is 1. The Hall–Kier alpha value is -1.41. The maximum Gasteiger partial charge on any atom is 0.357 e. The Labute approximate surface area is 77.3 Å². The molecule has 0 spiro atoms. The molecule has 0 fully saturated rings.